The van der Waals surface area contributed by atoms with Crippen LogP contribution in [0.15, 0.2) is 0 Å². The number of ether oxygens (including phenoxy) is 1. The first kappa shape index (κ1) is 13.6. The molecule has 3 N–H and O–H groups in total. The van der Waals surface area contributed by atoms with Crippen molar-refractivity contribution < 1.29 is 19.7 Å². The Balaban J connectivity index is 1.85. The number of nitrogens with zero attached hydrogens (tertiary/aromatic N) is 1. The highest BCUT2D eigenvalue weighted by atomic mass is 16.6. The van der Waals surface area contributed by atoms with E-state index in [0.717, 1.165) is 0 Å². The highest BCUT2D eigenvalue weighted by Gasteiger charge is 2.50. The highest BCUT2D eigenvalue weighted by Crippen LogP contribution is 2.30. The van der Waals surface area contributed by atoms with E-state index >= 15 is 0 Å². The summed E-state index contributed by atoms with van der Waals surface area (Å²) in [4.78, 5) is 13.4. The molecule has 2 heterocycles. The molecule has 2 rings (SSSR count). The summed E-state index contributed by atoms with van der Waals surface area (Å²) in [5.74, 6) is 0. The van der Waals surface area contributed by atoms with E-state index in [2.05, 4.69) is 5.32 Å². The van der Waals surface area contributed by atoms with Crippen molar-refractivity contribution in [3.8, 4) is 0 Å². The lowest BCUT2D eigenvalue weighted by atomic mass is 9.80. The lowest BCUT2D eigenvalue weighted by molar-refractivity contribution is -0.0799. The van der Waals surface area contributed by atoms with Gasteiger partial charge in [-0.05, 0) is 27.2 Å². The molecule has 2 atom stereocenters. The number of likely N-dealkylation sites (tertiary alicyclic amines) is 1. The molecule has 0 aliphatic carbocycles. The maximum atomic E-state index is 11.8. The van der Waals surface area contributed by atoms with Gasteiger partial charge in [0.15, 0.2) is 0 Å². The molecule has 6 heteroatoms. The Morgan fingerprint density at radius 1 is 1.33 bits per heavy atom. The Morgan fingerprint density at radius 3 is 2.44 bits per heavy atom. The van der Waals surface area contributed by atoms with Crippen molar-refractivity contribution in [1.82, 2.24) is 10.2 Å². The SMILES string of the molecule is CC(C)(C)OC(=O)N1CC2(C[C@@H](O)[C@@H](O)CN2)C1. The predicted octanol–water partition coefficient (Wildman–Crippen LogP) is -0.309. The van der Waals surface area contributed by atoms with Crippen molar-refractivity contribution in [1.29, 1.82) is 0 Å². The van der Waals surface area contributed by atoms with Gasteiger partial charge >= 0.3 is 6.09 Å². The second kappa shape index (κ2) is 4.36. The van der Waals surface area contributed by atoms with Gasteiger partial charge in [0.25, 0.3) is 0 Å². The van der Waals surface area contributed by atoms with E-state index in [4.69, 9.17) is 4.74 Å². The number of piperidine rings is 1. The molecule has 0 aromatic heterocycles. The fourth-order valence-electron chi connectivity index (χ4n) is 2.45. The quantitative estimate of drug-likeness (QED) is 0.555. The van der Waals surface area contributed by atoms with Crippen molar-refractivity contribution in [3.63, 3.8) is 0 Å². The Bertz CT molecular complexity index is 333. The van der Waals surface area contributed by atoms with Gasteiger partial charge in [0.1, 0.15) is 5.60 Å². The first-order valence-corrected chi connectivity index (χ1v) is 6.30. The van der Waals surface area contributed by atoms with Crippen molar-refractivity contribution in [2.45, 2.75) is 50.5 Å². The largest absolute Gasteiger partial charge is 0.444 e. The molecule has 2 aliphatic heterocycles. The van der Waals surface area contributed by atoms with E-state index in [-0.39, 0.29) is 11.6 Å². The molecule has 0 saturated carbocycles. The number of nitrogens with one attached hydrogen (secondary N) is 1. The third kappa shape index (κ3) is 2.76. The Kier molecular flexibility index (Phi) is 3.29. The Hall–Kier alpha value is -0.850. The zero-order chi connectivity index (χ0) is 13.6. The summed E-state index contributed by atoms with van der Waals surface area (Å²) < 4.78 is 5.27. The van der Waals surface area contributed by atoms with Crippen LogP contribution in [0.25, 0.3) is 0 Å². The second-order valence-electron chi connectivity index (χ2n) is 6.34. The third-order valence-corrected chi connectivity index (χ3v) is 3.37. The van der Waals surface area contributed by atoms with Gasteiger partial charge in [-0.15, -0.1) is 0 Å². The minimum absolute atomic E-state index is 0.254. The first-order chi connectivity index (χ1) is 8.21. The normalized spacial score (nSPS) is 31.1. The van der Waals surface area contributed by atoms with Gasteiger partial charge in [0, 0.05) is 19.6 Å². The molecule has 0 unspecified atom stereocenters. The van der Waals surface area contributed by atoms with E-state index in [9.17, 15) is 15.0 Å². The molecule has 0 aromatic rings. The fraction of sp³-hybridized carbons (Fsp3) is 0.917. The summed E-state index contributed by atoms with van der Waals surface area (Å²) in [5, 5.41) is 22.3. The first-order valence-electron chi connectivity index (χ1n) is 6.30. The minimum atomic E-state index is -0.716. The fourth-order valence-corrected chi connectivity index (χ4v) is 2.45. The predicted molar refractivity (Wildman–Crippen MR) is 65.2 cm³/mol. The van der Waals surface area contributed by atoms with Gasteiger partial charge in [0.05, 0.1) is 17.7 Å². The average molecular weight is 258 g/mol. The Morgan fingerprint density at radius 2 is 1.94 bits per heavy atom. The number of amides is 1. The van der Waals surface area contributed by atoms with Crippen LogP contribution in [0.1, 0.15) is 27.2 Å². The maximum Gasteiger partial charge on any atom is 0.410 e. The molecular formula is C12H22N2O4. The van der Waals surface area contributed by atoms with Gasteiger partial charge in [-0.3, -0.25) is 0 Å². The van der Waals surface area contributed by atoms with Gasteiger partial charge < -0.3 is 25.2 Å². The number of aliphatic hydroxyl groups excluding tert-OH is 2. The molecule has 6 nitrogen and oxygen atoms in total. The van der Waals surface area contributed by atoms with E-state index < -0.39 is 17.8 Å². The van der Waals surface area contributed by atoms with Crippen molar-refractivity contribution in [2.75, 3.05) is 19.6 Å². The summed E-state index contributed by atoms with van der Waals surface area (Å²) in [5.41, 5.74) is -0.745. The van der Waals surface area contributed by atoms with Gasteiger partial charge in [-0.1, -0.05) is 0 Å². The smallest absolute Gasteiger partial charge is 0.410 e. The van der Waals surface area contributed by atoms with E-state index in [0.29, 0.717) is 26.1 Å². The van der Waals surface area contributed by atoms with E-state index in [1.165, 1.54) is 0 Å². The van der Waals surface area contributed by atoms with Crippen LogP contribution in [-0.2, 0) is 4.74 Å². The number of β-amino-alcohol motifs (C(OH)–C–C–N with tert-alkyl or cyclic N) is 1. The maximum absolute atomic E-state index is 11.8. The van der Waals surface area contributed by atoms with Crippen LogP contribution in [0.4, 0.5) is 4.79 Å². The summed E-state index contributed by atoms with van der Waals surface area (Å²) in [6, 6.07) is 0. The standard InChI is InChI=1S/C12H22N2O4/c1-11(2,3)18-10(17)14-6-12(7-14)4-8(15)9(16)5-13-12/h8-9,13,15-16H,4-7H2,1-3H3/t8-,9+/m1/s1. The third-order valence-electron chi connectivity index (χ3n) is 3.37. The number of hydrogen-bond acceptors (Lipinski definition) is 5. The topological polar surface area (TPSA) is 82.0 Å². The molecule has 0 aromatic carbocycles. The highest BCUT2D eigenvalue weighted by molar-refractivity contribution is 5.69. The summed E-state index contributed by atoms with van der Waals surface area (Å²) in [6.45, 7) is 6.90. The number of carbonyl (C=O) groups is 1. The van der Waals surface area contributed by atoms with Crippen LogP contribution in [0.5, 0.6) is 0 Å². The van der Waals surface area contributed by atoms with Crippen LogP contribution in [-0.4, -0.2) is 64.2 Å². The number of rotatable bonds is 0. The summed E-state index contributed by atoms with van der Waals surface area (Å²) in [7, 11) is 0. The Labute approximate surface area is 107 Å². The average Bonchev–Trinajstić information content (AvgIpc) is 2.16. The lowest BCUT2D eigenvalue weighted by Gasteiger charge is -2.54. The molecule has 2 fully saturated rings. The van der Waals surface area contributed by atoms with Crippen LogP contribution in [0, 0.1) is 0 Å². The van der Waals surface area contributed by atoms with Crippen LogP contribution >= 0.6 is 0 Å². The van der Waals surface area contributed by atoms with Gasteiger partial charge in [-0.25, -0.2) is 4.79 Å². The number of hydrogen-bond donors (Lipinski definition) is 3. The molecule has 0 bridgehead atoms. The summed E-state index contributed by atoms with van der Waals surface area (Å²) >= 11 is 0. The van der Waals surface area contributed by atoms with Crippen LogP contribution in [0.2, 0.25) is 0 Å². The van der Waals surface area contributed by atoms with Gasteiger partial charge in [0.2, 0.25) is 0 Å². The molecular weight excluding hydrogens is 236 g/mol. The van der Waals surface area contributed by atoms with Crippen molar-refractivity contribution in [2.24, 2.45) is 0 Å². The number of aliphatic hydroxyl groups is 2. The molecule has 104 valence electrons. The molecule has 2 saturated heterocycles. The van der Waals surface area contributed by atoms with E-state index in [1.54, 1.807) is 4.90 Å². The van der Waals surface area contributed by atoms with Crippen LogP contribution < -0.4 is 5.32 Å². The number of carbonyl (C=O) groups excluding carboxylic acids is 1. The van der Waals surface area contributed by atoms with Crippen LogP contribution in [0.3, 0.4) is 0 Å². The molecule has 2 aliphatic rings. The molecule has 0 radical (unpaired) electrons. The molecule has 18 heavy (non-hydrogen) atoms. The summed E-state index contributed by atoms with van der Waals surface area (Å²) in [6.07, 6.45) is -1.29. The van der Waals surface area contributed by atoms with E-state index in [1.807, 2.05) is 20.8 Å². The molecule has 1 amide bonds. The molecule has 1 spiro atoms. The lowest BCUT2D eigenvalue weighted by Crippen LogP contribution is -2.75. The van der Waals surface area contributed by atoms with Crippen molar-refractivity contribution in [3.05, 3.63) is 0 Å². The minimum Gasteiger partial charge on any atom is -0.444 e. The van der Waals surface area contributed by atoms with Crippen molar-refractivity contribution >= 4 is 6.09 Å². The zero-order valence-corrected chi connectivity index (χ0v) is 11.1. The second-order valence-corrected chi connectivity index (χ2v) is 6.34. The van der Waals surface area contributed by atoms with Gasteiger partial charge in [-0.2, -0.15) is 0 Å². The monoisotopic (exact) mass is 258 g/mol. The zero-order valence-electron chi connectivity index (χ0n) is 11.1.